The second kappa shape index (κ2) is 11.7. The van der Waals surface area contributed by atoms with E-state index in [0.29, 0.717) is 36.5 Å². The first kappa shape index (κ1) is 26.7. The summed E-state index contributed by atoms with van der Waals surface area (Å²) < 4.78 is 58.0. The van der Waals surface area contributed by atoms with Gasteiger partial charge in [-0.25, -0.2) is 4.39 Å². The van der Waals surface area contributed by atoms with E-state index in [4.69, 9.17) is 9.84 Å². The zero-order chi connectivity index (χ0) is 26.3. The van der Waals surface area contributed by atoms with Gasteiger partial charge in [0.1, 0.15) is 17.3 Å². The molecule has 190 valence electrons. The van der Waals surface area contributed by atoms with E-state index in [-0.39, 0.29) is 13.0 Å². The largest absolute Gasteiger partial charge is 0.481 e. The monoisotopic (exact) mass is 503 g/mol. The molecule has 36 heavy (non-hydrogen) atoms. The molecule has 2 N–H and O–H groups in total. The SMILES string of the molecule is CCc1cc(Oc2cccc(CCNC(=O)c3ccc(C(F)(F)F)cc3F)c2)ccc1CCC(=O)O. The van der Waals surface area contributed by atoms with Gasteiger partial charge in [-0.05, 0) is 78.4 Å². The van der Waals surface area contributed by atoms with Crippen molar-refractivity contribution in [1.29, 1.82) is 0 Å². The van der Waals surface area contributed by atoms with Crippen LogP contribution in [0.25, 0.3) is 0 Å². The lowest BCUT2D eigenvalue weighted by Gasteiger charge is -2.12. The Morgan fingerprint density at radius 2 is 1.69 bits per heavy atom. The van der Waals surface area contributed by atoms with E-state index in [9.17, 15) is 27.2 Å². The summed E-state index contributed by atoms with van der Waals surface area (Å²) in [4.78, 5) is 23.1. The molecule has 3 aromatic carbocycles. The molecule has 0 aliphatic carbocycles. The molecule has 0 unspecified atom stereocenters. The van der Waals surface area contributed by atoms with E-state index in [1.54, 1.807) is 24.3 Å². The Kier molecular flexibility index (Phi) is 8.68. The number of aliphatic carboxylic acids is 1. The van der Waals surface area contributed by atoms with Crippen molar-refractivity contribution in [3.63, 3.8) is 0 Å². The van der Waals surface area contributed by atoms with Crippen LogP contribution in [0.5, 0.6) is 11.5 Å². The molecule has 5 nitrogen and oxygen atoms in total. The number of hydrogen-bond donors (Lipinski definition) is 2. The van der Waals surface area contributed by atoms with E-state index in [1.807, 2.05) is 25.1 Å². The van der Waals surface area contributed by atoms with Crippen LogP contribution in [-0.2, 0) is 30.2 Å². The summed E-state index contributed by atoms with van der Waals surface area (Å²) in [6, 6.07) is 14.5. The third-order valence-corrected chi connectivity index (χ3v) is 5.54. The van der Waals surface area contributed by atoms with Gasteiger partial charge in [-0.1, -0.05) is 25.1 Å². The normalized spacial score (nSPS) is 11.2. The first-order valence-electron chi connectivity index (χ1n) is 11.3. The molecule has 0 aliphatic rings. The number of carboxylic acid groups (broad SMARTS) is 1. The van der Waals surface area contributed by atoms with Crippen molar-refractivity contribution >= 4 is 11.9 Å². The average molecular weight is 503 g/mol. The van der Waals surface area contributed by atoms with E-state index < -0.39 is 35.0 Å². The molecule has 0 saturated carbocycles. The summed E-state index contributed by atoms with van der Waals surface area (Å²) >= 11 is 0. The third-order valence-electron chi connectivity index (χ3n) is 5.54. The topological polar surface area (TPSA) is 75.6 Å². The molecule has 0 spiro atoms. The van der Waals surface area contributed by atoms with E-state index in [0.717, 1.165) is 29.2 Å². The average Bonchev–Trinajstić information content (AvgIpc) is 2.82. The van der Waals surface area contributed by atoms with Crippen LogP contribution in [0.1, 0.15) is 46.0 Å². The van der Waals surface area contributed by atoms with Gasteiger partial charge in [0.15, 0.2) is 0 Å². The van der Waals surface area contributed by atoms with Gasteiger partial charge in [-0.2, -0.15) is 13.2 Å². The highest BCUT2D eigenvalue weighted by Crippen LogP contribution is 2.30. The van der Waals surface area contributed by atoms with Gasteiger partial charge in [0, 0.05) is 13.0 Å². The molecule has 0 heterocycles. The number of carbonyl (C=O) groups excluding carboxylic acids is 1. The lowest BCUT2D eigenvalue weighted by atomic mass is 10.0. The molecule has 9 heteroatoms. The van der Waals surface area contributed by atoms with Crippen LogP contribution in [-0.4, -0.2) is 23.5 Å². The predicted molar refractivity (Wildman–Crippen MR) is 126 cm³/mol. The minimum atomic E-state index is -4.69. The maximum absolute atomic E-state index is 14.0. The van der Waals surface area contributed by atoms with E-state index in [1.165, 1.54) is 0 Å². The fraction of sp³-hybridized carbons (Fsp3) is 0.259. The summed E-state index contributed by atoms with van der Waals surface area (Å²) in [5, 5.41) is 11.4. The number of nitrogens with one attached hydrogen (secondary N) is 1. The maximum Gasteiger partial charge on any atom is 0.416 e. The van der Waals surface area contributed by atoms with Gasteiger partial charge in [-0.15, -0.1) is 0 Å². The van der Waals surface area contributed by atoms with Gasteiger partial charge in [0.2, 0.25) is 0 Å². The third kappa shape index (κ3) is 7.31. The summed E-state index contributed by atoms with van der Waals surface area (Å²) in [6.45, 7) is 2.12. The highest BCUT2D eigenvalue weighted by atomic mass is 19.4. The Bertz CT molecular complexity index is 1240. The maximum atomic E-state index is 14.0. The minimum Gasteiger partial charge on any atom is -0.481 e. The summed E-state index contributed by atoms with van der Waals surface area (Å²) in [6.07, 6.45) is -3.08. The standard InChI is InChI=1S/C27H25F4NO4/c1-2-18-15-22(9-6-19(18)7-11-25(33)34)36-21-5-3-4-17(14-21)12-13-32-26(35)23-10-8-20(16-24(23)28)27(29,30)31/h3-6,8-10,14-16H,2,7,11-13H2,1H3,(H,32,35)(H,33,34). The fourth-order valence-corrected chi connectivity index (χ4v) is 3.67. The lowest BCUT2D eigenvalue weighted by molar-refractivity contribution is -0.138. The number of ether oxygens (including phenoxy) is 1. The van der Waals surface area contributed by atoms with Crippen LogP contribution >= 0.6 is 0 Å². The fourth-order valence-electron chi connectivity index (χ4n) is 3.67. The van der Waals surface area contributed by atoms with Gasteiger partial charge in [0.25, 0.3) is 5.91 Å². The van der Waals surface area contributed by atoms with Crippen molar-refractivity contribution < 1.29 is 37.0 Å². The Hall–Kier alpha value is -3.88. The number of rotatable bonds is 10. The minimum absolute atomic E-state index is 0.0529. The number of carboxylic acids is 1. The van der Waals surface area contributed by atoms with Gasteiger partial charge < -0.3 is 15.2 Å². The molecule has 1 amide bonds. The highest BCUT2D eigenvalue weighted by Gasteiger charge is 2.31. The second-order valence-corrected chi connectivity index (χ2v) is 8.13. The van der Waals surface area contributed by atoms with Crippen molar-refractivity contribution in [2.24, 2.45) is 0 Å². The number of benzene rings is 3. The Labute approximate surface area is 205 Å². The molecule has 3 rings (SSSR count). The predicted octanol–water partition coefficient (Wildman–Crippen LogP) is 6.19. The molecule has 3 aromatic rings. The number of alkyl halides is 3. The Balaban J connectivity index is 1.59. The molecule has 0 fully saturated rings. The van der Waals surface area contributed by atoms with Crippen molar-refractivity contribution in [1.82, 2.24) is 5.32 Å². The van der Waals surface area contributed by atoms with Crippen LogP contribution in [0.3, 0.4) is 0 Å². The Morgan fingerprint density at radius 3 is 2.36 bits per heavy atom. The first-order valence-corrected chi connectivity index (χ1v) is 11.3. The van der Waals surface area contributed by atoms with Crippen molar-refractivity contribution in [2.75, 3.05) is 6.54 Å². The van der Waals surface area contributed by atoms with Crippen molar-refractivity contribution in [2.45, 2.75) is 38.8 Å². The van der Waals surface area contributed by atoms with E-state index in [2.05, 4.69) is 5.32 Å². The smallest absolute Gasteiger partial charge is 0.416 e. The molecule has 0 aliphatic heterocycles. The number of halogens is 4. The molecule has 0 bridgehead atoms. The summed E-state index contributed by atoms with van der Waals surface area (Å²) in [5.74, 6) is -1.72. The summed E-state index contributed by atoms with van der Waals surface area (Å²) in [7, 11) is 0. The molecular formula is C27H25F4NO4. The van der Waals surface area contributed by atoms with Crippen LogP contribution in [0.15, 0.2) is 60.7 Å². The molecule has 0 radical (unpaired) electrons. The van der Waals surface area contributed by atoms with Crippen LogP contribution in [0, 0.1) is 5.82 Å². The Morgan fingerprint density at radius 1 is 0.944 bits per heavy atom. The van der Waals surface area contributed by atoms with Crippen molar-refractivity contribution in [3.05, 3.63) is 94.3 Å². The molecule has 0 aromatic heterocycles. The van der Waals surface area contributed by atoms with Gasteiger partial charge >= 0.3 is 12.1 Å². The quantitative estimate of drug-likeness (QED) is 0.324. The number of amides is 1. The number of aryl methyl sites for hydroxylation is 2. The van der Waals surface area contributed by atoms with Crippen LogP contribution in [0.2, 0.25) is 0 Å². The molecule has 0 saturated heterocycles. The second-order valence-electron chi connectivity index (χ2n) is 8.13. The first-order chi connectivity index (χ1) is 17.1. The highest BCUT2D eigenvalue weighted by molar-refractivity contribution is 5.94. The molecule has 0 atom stereocenters. The lowest BCUT2D eigenvalue weighted by Crippen LogP contribution is -2.26. The van der Waals surface area contributed by atoms with Crippen LogP contribution < -0.4 is 10.1 Å². The van der Waals surface area contributed by atoms with Gasteiger partial charge in [0.05, 0.1) is 11.1 Å². The summed E-state index contributed by atoms with van der Waals surface area (Å²) in [5.41, 5.74) is 1.17. The number of hydrogen-bond acceptors (Lipinski definition) is 3. The number of carbonyl (C=O) groups is 2. The van der Waals surface area contributed by atoms with E-state index >= 15 is 0 Å². The zero-order valence-corrected chi connectivity index (χ0v) is 19.5. The van der Waals surface area contributed by atoms with Crippen molar-refractivity contribution in [3.8, 4) is 11.5 Å². The zero-order valence-electron chi connectivity index (χ0n) is 19.5. The molecular weight excluding hydrogens is 478 g/mol. The van der Waals surface area contributed by atoms with Gasteiger partial charge in [-0.3, -0.25) is 9.59 Å². The van der Waals surface area contributed by atoms with Crippen LogP contribution in [0.4, 0.5) is 17.6 Å².